The summed E-state index contributed by atoms with van der Waals surface area (Å²) >= 11 is 0. The Balaban J connectivity index is 1.98. The fourth-order valence-corrected chi connectivity index (χ4v) is 1.99. The summed E-state index contributed by atoms with van der Waals surface area (Å²) in [6.45, 7) is 3.15. The third kappa shape index (κ3) is 2.41. The molecule has 1 aromatic carbocycles. The van der Waals surface area contributed by atoms with E-state index in [1.54, 1.807) is 6.07 Å². The molecule has 3 heteroatoms. The summed E-state index contributed by atoms with van der Waals surface area (Å²) in [4.78, 5) is 0. The molecular weight excluding hydrogens is 191 g/mol. The molecule has 0 aliphatic heterocycles. The summed E-state index contributed by atoms with van der Waals surface area (Å²) in [5.41, 5.74) is 7.20. The van der Waals surface area contributed by atoms with Gasteiger partial charge in [-0.3, -0.25) is 0 Å². The van der Waals surface area contributed by atoms with Crippen LogP contribution in [0.2, 0.25) is 0 Å². The van der Waals surface area contributed by atoms with Gasteiger partial charge < -0.3 is 11.1 Å². The highest BCUT2D eigenvalue weighted by molar-refractivity contribution is 5.54. The van der Waals surface area contributed by atoms with Crippen LogP contribution in [-0.2, 0) is 0 Å². The molecule has 0 amide bonds. The Hall–Kier alpha value is -1.25. The number of hydrogen-bond acceptors (Lipinski definition) is 2. The van der Waals surface area contributed by atoms with Crippen LogP contribution in [-0.4, -0.2) is 6.54 Å². The molecule has 0 atom stereocenters. The largest absolute Gasteiger partial charge is 0.399 e. The molecule has 2 nitrogen and oxygen atoms in total. The summed E-state index contributed by atoms with van der Waals surface area (Å²) in [6.07, 6.45) is 3.82. The van der Waals surface area contributed by atoms with Crippen LogP contribution in [0.3, 0.4) is 0 Å². The van der Waals surface area contributed by atoms with Crippen molar-refractivity contribution in [3.63, 3.8) is 0 Å². The Morgan fingerprint density at radius 2 is 2.13 bits per heavy atom. The van der Waals surface area contributed by atoms with E-state index in [4.69, 9.17) is 5.73 Å². The number of nitrogens with two attached hydrogens (primary N) is 1. The van der Waals surface area contributed by atoms with Gasteiger partial charge in [-0.2, -0.15) is 0 Å². The maximum Gasteiger partial charge on any atom is 0.127 e. The van der Waals surface area contributed by atoms with Crippen molar-refractivity contribution in [2.75, 3.05) is 17.6 Å². The van der Waals surface area contributed by atoms with Crippen LogP contribution in [0.25, 0.3) is 0 Å². The zero-order valence-corrected chi connectivity index (χ0v) is 9.02. The first kappa shape index (κ1) is 10.3. The molecule has 0 spiro atoms. The maximum atomic E-state index is 13.0. The van der Waals surface area contributed by atoms with Crippen molar-refractivity contribution in [1.82, 2.24) is 0 Å². The number of benzene rings is 1. The monoisotopic (exact) mass is 208 g/mol. The molecule has 0 saturated heterocycles. The molecule has 2 rings (SSSR count). The lowest BCUT2D eigenvalue weighted by atomic mass is 9.70. The second-order valence-electron chi connectivity index (χ2n) is 4.79. The SMILES string of the molecule is CC1(CNc2cc(N)cc(F)c2)CCC1. The maximum absolute atomic E-state index is 13.0. The molecule has 1 saturated carbocycles. The van der Waals surface area contributed by atoms with Gasteiger partial charge in [-0.25, -0.2) is 4.39 Å². The third-order valence-electron chi connectivity index (χ3n) is 3.20. The van der Waals surface area contributed by atoms with Gasteiger partial charge in [0.2, 0.25) is 0 Å². The molecule has 82 valence electrons. The Kier molecular flexibility index (Phi) is 2.55. The molecule has 0 bridgehead atoms. The van der Waals surface area contributed by atoms with Crippen molar-refractivity contribution in [2.24, 2.45) is 5.41 Å². The molecule has 3 N–H and O–H groups in total. The van der Waals surface area contributed by atoms with E-state index in [0.29, 0.717) is 11.1 Å². The van der Waals surface area contributed by atoms with Gasteiger partial charge in [0.05, 0.1) is 0 Å². The second kappa shape index (κ2) is 3.72. The average molecular weight is 208 g/mol. The Morgan fingerprint density at radius 1 is 1.40 bits per heavy atom. The number of nitrogen functional groups attached to an aromatic ring is 1. The summed E-state index contributed by atoms with van der Waals surface area (Å²) in [5.74, 6) is -0.281. The first-order valence-electron chi connectivity index (χ1n) is 5.37. The zero-order chi connectivity index (χ0) is 10.9. The zero-order valence-electron chi connectivity index (χ0n) is 9.02. The van der Waals surface area contributed by atoms with E-state index in [1.807, 2.05) is 0 Å². The van der Waals surface area contributed by atoms with Crippen LogP contribution < -0.4 is 11.1 Å². The van der Waals surface area contributed by atoms with E-state index >= 15 is 0 Å². The van der Waals surface area contributed by atoms with E-state index in [0.717, 1.165) is 12.2 Å². The van der Waals surface area contributed by atoms with Crippen LogP contribution in [0.15, 0.2) is 18.2 Å². The van der Waals surface area contributed by atoms with Crippen molar-refractivity contribution >= 4 is 11.4 Å². The molecule has 1 aliphatic carbocycles. The lowest BCUT2D eigenvalue weighted by Crippen LogP contribution is -2.33. The van der Waals surface area contributed by atoms with Crippen LogP contribution in [0.1, 0.15) is 26.2 Å². The molecule has 1 aliphatic rings. The molecule has 0 radical (unpaired) electrons. The predicted octanol–water partition coefficient (Wildman–Crippen LogP) is 3.01. The number of rotatable bonds is 3. The average Bonchev–Trinajstić information content (AvgIpc) is 2.10. The van der Waals surface area contributed by atoms with Crippen molar-refractivity contribution in [2.45, 2.75) is 26.2 Å². The highest BCUT2D eigenvalue weighted by atomic mass is 19.1. The highest BCUT2D eigenvalue weighted by Crippen LogP contribution is 2.40. The fraction of sp³-hybridized carbons (Fsp3) is 0.500. The normalized spacial score (nSPS) is 18.3. The topological polar surface area (TPSA) is 38.0 Å². The van der Waals surface area contributed by atoms with Crippen LogP contribution >= 0.6 is 0 Å². The molecular formula is C12H17FN2. The minimum absolute atomic E-state index is 0.281. The molecule has 15 heavy (non-hydrogen) atoms. The summed E-state index contributed by atoms with van der Waals surface area (Å²) < 4.78 is 13.0. The van der Waals surface area contributed by atoms with Gasteiger partial charge >= 0.3 is 0 Å². The van der Waals surface area contributed by atoms with Gasteiger partial charge in [0.25, 0.3) is 0 Å². The molecule has 0 aromatic heterocycles. The first-order chi connectivity index (χ1) is 7.07. The van der Waals surface area contributed by atoms with Gasteiger partial charge in [0.1, 0.15) is 5.82 Å². The van der Waals surface area contributed by atoms with Crippen molar-refractivity contribution in [3.05, 3.63) is 24.0 Å². The summed E-state index contributed by atoms with van der Waals surface area (Å²) in [6, 6.07) is 4.58. The number of hydrogen-bond donors (Lipinski definition) is 2. The molecule has 0 heterocycles. The minimum atomic E-state index is -0.281. The number of halogens is 1. The smallest absolute Gasteiger partial charge is 0.127 e. The highest BCUT2D eigenvalue weighted by Gasteiger charge is 2.31. The minimum Gasteiger partial charge on any atom is -0.399 e. The van der Waals surface area contributed by atoms with Gasteiger partial charge in [0.15, 0.2) is 0 Å². The van der Waals surface area contributed by atoms with Crippen LogP contribution in [0.5, 0.6) is 0 Å². The van der Waals surface area contributed by atoms with Gasteiger partial charge in [-0.15, -0.1) is 0 Å². The summed E-state index contributed by atoms with van der Waals surface area (Å²) in [5, 5.41) is 3.25. The first-order valence-corrected chi connectivity index (χ1v) is 5.37. The molecule has 1 fully saturated rings. The van der Waals surface area contributed by atoms with E-state index in [1.165, 1.54) is 31.4 Å². The van der Waals surface area contributed by atoms with Crippen LogP contribution in [0.4, 0.5) is 15.8 Å². The number of anilines is 2. The third-order valence-corrected chi connectivity index (χ3v) is 3.20. The lowest BCUT2D eigenvalue weighted by Gasteiger charge is -2.38. The van der Waals surface area contributed by atoms with E-state index in [9.17, 15) is 4.39 Å². The Bertz CT molecular complexity index is 338. The van der Waals surface area contributed by atoms with E-state index in [-0.39, 0.29) is 5.82 Å². The fourth-order valence-electron chi connectivity index (χ4n) is 1.99. The van der Waals surface area contributed by atoms with Crippen LogP contribution in [0, 0.1) is 11.2 Å². The quantitative estimate of drug-likeness (QED) is 0.749. The molecule has 1 aromatic rings. The predicted molar refractivity (Wildman–Crippen MR) is 61.3 cm³/mol. The Morgan fingerprint density at radius 3 is 2.67 bits per heavy atom. The van der Waals surface area contributed by atoms with Gasteiger partial charge in [-0.05, 0) is 36.5 Å². The lowest BCUT2D eigenvalue weighted by molar-refractivity contribution is 0.180. The second-order valence-corrected chi connectivity index (χ2v) is 4.79. The van der Waals surface area contributed by atoms with Crippen molar-refractivity contribution < 1.29 is 4.39 Å². The number of nitrogens with one attached hydrogen (secondary N) is 1. The summed E-state index contributed by atoms with van der Waals surface area (Å²) in [7, 11) is 0. The van der Waals surface area contributed by atoms with Crippen molar-refractivity contribution in [3.8, 4) is 0 Å². The standard InChI is InChI=1S/C12H17FN2/c1-12(3-2-4-12)8-15-11-6-9(13)5-10(14)7-11/h5-7,15H,2-4,8,14H2,1H3. The van der Waals surface area contributed by atoms with Crippen molar-refractivity contribution in [1.29, 1.82) is 0 Å². The van der Waals surface area contributed by atoms with Gasteiger partial charge in [-0.1, -0.05) is 13.3 Å². The van der Waals surface area contributed by atoms with Gasteiger partial charge in [0, 0.05) is 17.9 Å². The van der Waals surface area contributed by atoms with E-state index in [2.05, 4.69) is 12.2 Å². The Labute approximate surface area is 89.7 Å². The van der Waals surface area contributed by atoms with E-state index < -0.39 is 0 Å². The molecule has 0 unspecified atom stereocenters.